The largest absolute Gasteiger partial charge is 0.416 e. The van der Waals surface area contributed by atoms with Gasteiger partial charge in [-0.2, -0.15) is 13.2 Å². The number of carbonyl (C=O) groups is 2. The maximum Gasteiger partial charge on any atom is 0.416 e. The van der Waals surface area contributed by atoms with Crippen molar-refractivity contribution in [2.24, 2.45) is 40.2 Å². The van der Waals surface area contributed by atoms with Gasteiger partial charge in [0.25, 0.3) is 0 Å². The molecule has 0 spiro atoms. The van der Waals surface area contributed by atoms with Crippen molar-refractivity contribution in [3.05, 3.63) is 40.6 Å². The smallest absolute Gasteiger partial charge is 0.369 e. The minimum atomic E-state index is -4.51. The molecule has 184 valence electrons. The van der Waals surface area contributed by atoms with Crippen molar-refractivity contribution in [1.82, 2.24) is 0 Å². The number of hydrogen-bond donors (Lipinski definition) is 1. The third-order valence-electron chi connectivity index (χ3n) is 9.48. The maximum atomic E-state index is 13.6. The number of rotatable bonds is 2. The number of halogens is 4. The number of hydrogen-bond acceptors (Lipinski definition) is 3. The predicted molar refractivity (Wildman–Crippen MR) is 124 cm³/mol. The highest BCUT2D eigenvalue weighted by atomic mass is 35.5. The van der Waals surface area contributed by atoms with Crippen molar-refractivity contribution in [3.63, 3.8) is 0 Å². The lowest BCUT2D eigenvalue weighted by Crippen LogP contribution is -2.59. The van der Waals surface area contributed by atoms with E-state index in [1.54, 1.807) is 6.08 Å². The zero-order valence-electron chi connectivity index (χ0n) is 19.4. The summed E-state index contributed by atoms with van der Waals surface area (Å²) in [6, 6.07) is 3.35. The highest BCUT2D eigenvalue weighted by Gasteiger charge is 2.61. The topological polar surface area (TPSA) is 63.4 Å². The predicted octanol–water partition coefficient (Wildman–Crippen LogP) is 5.98. The average molecular weight is 495 g/mol. The molecular formula is C26H30ClF3N2O2. The van der Waals surface area contributed by atoms with Gasteiger partial charge in [-0.1, -0.05) is 25.4 Å². The van der Waals surface area contributed by atoms with E-state index >= 15 is 0 Å². The van der Waals surface area contributed by atoms with Crippen molar-refractivity contribution < 1.29 is 22.8 Å². The standard InChI is InChI=1S/C26H30ClF3N2O2/c1-24-8-6-16(23(31)34)22(24)17-13-32(20-11-14(26(28,29)30)3-4-19(20)27)21-12-15(33)5-10-25(21,2)18(17)7-9-24/h3-4,11-12,16-18,22H,5-10,13H2,1-2H3,(H2,31,34)/t16?,17-,18+,22+,24+,25-/m1/s1. The van der Waals surface area contributed by atoms with Crippen molar-refractivity contribution in [2.75, 3.05) is 11.4 Å². The molecule has 1 saturated heterocycles. The molecule has 2 saturated carbocycles. The lowest BCUT2D eigenvalue weighted by molar-refractivity contribution is -0.137. The SMILES string of the molecule is C[C@@]12CCC(C(N)=O)[C@H]1[C@@H]1CN(c3cc(C(F)(F)F)ccc3Cl)C3=CC(=O)CC[C@]3(C)[C@H]1CC2. The molecule has 0 aromatic heterocycles. The molecule has 34 heavy (non-hydrogen) atoms. The third kappa shape index (κ3) is 3.49. The number of anilines is 1. The van der Waals surface area contributed by atoms with E-state index in [-0.39, 0.29) is 56.9 Å². The number of piperidine rings is 1. The first-order valence-electron chi connectivity index (χ1n) is 12.0. The van der Waals surface area contributed by atoms with Crippen LogP contribution in [-0.4, -0.2) is 18.2 Å². The minimum absolute atomic E-state index is 0.0180. The van der Waals surface area contributed by atoms with E-state index in [0.717, 1.165) is 43.5 Å². The van der Waals surface area contributed by atoms with E-state index < -0.39 is 11.7 Å². The summed E-state index contributed by atoms with van der Waals surface area (Å²) in [5.41, 5.74) is 5.69. The third-order valence-corrected chi connectivity index (χ3v) is 9.79. The van der Waals surface area contributed by atoms with Gasteiger partial charge in [0.1, 0.15) is 0 Å². The quantitative estimate of drug-likeness (QED) is 0.550. The van der Waals surface area contributed by atoms with E-state index in [4.69, 9.17) is 17.3 Å². The first-order chi connectivity index (χ1) is 15.8. The zero-order chi connectivity index (χ0) is 24.6. The van der Waals surface area contributed by atoms with Gasteiger partial charge in [-0.15, -0.1) is 0 Å². The molecule has 1 unspecified atom stereocenters. The number of nitrogens with two attached hydrogens (primary N) is 1. The molecule has 4 nitrogen and oxygen atoms in total. The number of allylic oxidation sites excluding steroid dienone is 2. The fourth-order valence-corrected chi connectivity index (χ4v) is 8.04. The van der Waals surface area contributed by atoms with Gasteiger partial charge in [0.2, 0.25) is 5.91 Å². The molecule has 1 aromatic rings. The number of carbonyl (C=O) groups excluding carboxylic acids is 2. The van der Waals surface area contributed by atoms with Crippen LogP contribution < -0.4 is 10.6 Å². The number of benzene rings is 1. The summed E-state index contributed by atoms with van der Waals surface area (Å²) in [4.78, 5) is 26.8. The number of primary amides is 1. The van der Waals surface area contributed by atoms with Crippen LogP contribution in [0.1, 0.15) is 57.9 Å². The molecule has 1 heterocycles. The molecular weight excluding hydrogens is 465 g/mol. The van der Waals surface area contributed by atoms with Gasteiger partial charge < -0.3 is 10.6 Å². The first kappa shape index (κ1) is 23.7. The Balaban J connectivity index is 1.66. The van der Waals surface area contributed by atoms with Crippen LogP contribution in [0.4, 0.5) is 18.9 Å². The molecule has 6 atom stereocenters. The van der Waals surface area contributed by atoms with Crippen LogP contribution in [0.5, 0.6) is 0 Å². The Hall–Kier alpha value is -2.02. The highest BCUT2D eigenvalue weighted by molar-refractivity contribution is 6.33. The molecule has 1 amide bonds. The van der Waals surface area contributed by atoms with Gasteiger partial charge in [-0.25, -0.2) is 0 Å². The van der Waals surface area contributed by atoms with Crippen LogP contribution >= 0.6 is 11.6 Å². The number of amides is 1. The fraction of sp³-hybridized carbons (Fsp3) is 0.615. The summed E-state index contributed by atoms with van der Waals surface area (Å²) >= 11 is 6.49. The molecule has 3 aliphatic carbocycles. The molecule has 4 aliphatic rings. The second kappa shape index (κ2) is 7.74. The van der Waals surface area contributed by atoms with Crippen LogP contribution in [0, 0.1) is 34.5 Å². The molecule has 0 bridgehead atoms. The summed E-state index contributed by atoms with van der Waals surface area (Å²) in [5, 5.41) is 0.212. The van der Waals surface area contributed by atoms with Crippen molar-refractivity contribution in [1.29, 1.82) is 0 Å². The first-order valence-corrected chi connectivity index (χ1v) is 12.4. The van der Waals surface area contributed by atoms with Crippen molar-refractivity contribution >= 4 is 29.0 Å². The monoisotopic (exact) mass is 494 g/mol. The molecule has 1 aromatic carbocycles. The van der Waals surface area contributed by atoms with Gasteiger partial charge in [0.05, 0.1) is 16.3 Å². The summed E-state index contributed by atoms with van der Waals surface area (Å²) < 4.78 is 40.8. The number of nitrogens with zero attached hydrogens (tertiary/aromatic N) is 1. The summed E-state index contributed by atoms with van der Waals surface area (Å²) in [5.74, 6) is -0.188. The lowest BCUT2D eigenvalue weighted by atomic mass is 9.49. The normalized spacial score (nSPS) is 37.5. The van der Waals surface area contributed by atoms with Gasteiger partial charge in [-0.05, 0) is 73.5 Å². The summed E-state index contributed by atoms with van der Waals surface area (Å²) in [6.07, 6.45) is 1.79. The van der Waals surface area contributed by atoms with Gasteiger partial charge >= 0.3 is 6.18 Å². The van der Waals surface area contributed by atoms with Gasteiger partial charge in [0, 0.05) is 36.1 Å². The second-order valence-corrected chi connectivity index (χ2v) is 11.6. The van der Waals surface area contributed by atoms with Gasteiger partial charge in [0.15, 0.2) is 5.78 Å². The molecule has 8 heteroatoms. The maximum absolute atomic E-state index is 13.6. The van der Waals surface area contributed by atoms with E-state index in [1.165, 1.54) is 6.07 Å². The second-order valence-electron chi connectivity index (χ2n) is 11.2. The minimum Gasteiger partial charge on any atom is -0.369 e. The summed E-state index contributed by atoms with van der Waals surface area (Å²) in [6.45, 7) is 4.79. The fourth-order valence-electron chi connectivity index (χ4n) is 7.82. The Bertz CT molecular complexity index is 1090. The number of alkyl halides is 3. The average Bonchev–Trinajstić information content (AvgIpc) is 3.11. The van der Waals surface area contributed by atoms with E-state index in [9.17, 15) is 22.8 Å². The van der Waals surface area contributed by atoms with E-state index in [0.29, 0.717) is 19.4 Å². The van der Waals surface area contributed by atoms with E-state index in [2.05, 4.69) is 13.8 Å². The Kier molecular flexibility index (Phi) is 5.40. The molecule has 1 aliphatic heterocycles. The van der Waals surface area contributed by atoms with Crippen molar-refractivity contribution in [2.45, 2.75) is 58.5 Å². The van der Waals surface area contributed by atoms with Crippen LogP contribution in [0.25, 0.3) is 0 Å². The number of ketones is 1. The molecule has 5 rings (SSSR count). The zero-order valence-corrected chi connectivity index (χ0v) is 20.2. The molecule has 0 radical (unpaired) electrons. The Labute approximate surface area is 202 Å². The number of fused-ring (bicyclic) bond motifs is 5. The van der Waals surface area contributed by atoms with Crippen LogP contribution in [-0.2, 0) is 15.8 Å². The Morgan fingerprint density at radius 2 is 1.88 bits per heavy atom. The van der Waals surface area contributed by atoms with Crippen molar-refractivity contribution in [3.8, 4) is 0 Å². The summed E-state index contributed by atoms with van der Waals surface area (Å²) in [7, 11) is 0. The molecule has 3 fully saturated rings. The lowest BCUT2D eigenvalue weighted by Gasteiger charge is -2.60. The Morgan fingerprint density at radius 3 is 2.56 bits per heavy atom. The van der Waals surface area contributed by atoms with E-state index in [1.807, 2.05) is 4.90 Å². The highest BCUT2D eigenvalue weighted by Crippen LogP contribution is 2.65. The van der Waals surface area contributed by atoms with Crippen LogP contribution in [0.2, 0.25) is 5.02 Å². The Morgan fingerprint density at radius 1 is 1.18 bits per heavy atom. The molecule has 2 N–H and O–H groups in total. The van der Waals surface area contributed by atoms with Crippen LogP contribution in [0.15, 0.2) is 30.0 Å². The van der Waals surface area contributed by atoms with Crippen LogP contribution in [0.3, 0.4) is 0 Å². The van der Waals surface area contributed by atoms with Gasteiger partial charge in [-0.3, -0.25) is 9.59 Å².